The van der Waals surface area contributed by atoms with Crippen LogP contribution in [0.25, 0.3) is 11.1 Å². The second-order valence-electron chi connectivity index (χ2n) is 7.03. The molecule has 156 valence electrons. The molecule has 7 nitrogen and oxygen atoms in total. The molecule has 0 unspecified atom stereocenters. The lowest BCUT2D eigenvalue weighted by molar-refractivity contribution is -0.139. The lowest BCUT2D eigenvalue weighted by Gasteiger charge is -2.32. The molecule has 1 atom stereocenters. The average molecular weight is 417 g/mol. The molecular weight excluding hydrogens is 399 g/mol. The Morgan fingerprint density at radius 1 is 1.23 bits per heavy atom. The summed E-state index contributed by atoms with van der Waals surface area (Å²) >= 11 is 0. The van der Waals surface area contributed by atoms with E-state index in [-0.39, 0.29) is 18.4 Å². The Kier molecular flexibility index (Phi) is 4.71. The minimum atomic E-state index is -4.61. The highest BCUT2D eigenvalue weighted by molar-refractivity contribution is 6.09. The summed E-state index contributed by atoms with van der Waals surface area (Å²) in [4.78, 5) is 22.8. The molecule has 4 heterocycles. The Morgan fingerprint density at radius 3 is 2.67 bits per heavy atom. The molecule has 3 aromatic rings. The van der Waals surface area contributed by atoms with Crippen LogP contribution in [0.4, 0.5) is 19.0 Å². The van der Waals surface area contributed by atoms with Crippen LogP contribution in [0.5, 0.6) is 5.88 Å². The molecule has 10 heteroatoms. The predicted molar refractivity (Wildman–Crippen MR) is 102 cm³/mol. The molecule has 4 rings (SSSR count). The van der Waals surface area contributed by atoms with Crippen LogP contribution in [0.15, 0.2) is 36.7 Å². The molecule has 0 aromatic carbocycles. The first-order chi connectivity index (χ1) is 14.2. The summed E-state index contributed by atoms with van der Waals surface area (Å²) in [6.07, 6.45) is -1.35. The van der Waals surface area contributed by atoms with Crippen LogP contribution in [0.3, 0.4) is 0 Å². The SMILES string of the molecule is COc1nc(N2C[C@H](C)n3ncc(-c4ccnc(C)c4)c3C2=O)ccc1C(F)(F)F. The highest BCUT2D eigenvalue weighted by atomic mass is 19.4. The van der Waals surface area contributed by atoms with Gasteiger partial charge in [0, 0.05) is 24.0 Å². The van der Waals surface area contributed by atoms with Crippen LogP contribution in [-0.2, 0) is 6.18 Å². The molecule has 1 aliphatic rings. The van der Waals surface area contributed by atoms with Crippen molar-refractivity contribution in [1.82, 2.24) is 19.7 Å². The molecular formula is C20H18F3N5O2. The Labute approximate surface area is 170 Å². The third kappa shape index (κ3) is 3.27. The van der Waals surface area contributed by atoms with E-state index >= 15 is 0 Å². The molecule has 0 radical (unpaired) electrons. The Morgan fingerprint density at radius 2 is 2.00 bits per heavy atom. The number of aromatic nitrogens is 4. The highest BCUT2D eigenvalue weighted by Crippen LogP contribution is 2.38. The number of nitrogens with zero attached hydrogens (tertiary/aromatic N) is 5. The van der Waals surface area contributed by atoms with Crippen molar-refractivity contribution in [2.75, 3.05) is 18.6 Å². The molecule has 1 amide bonds. The highest BCUT2D eigenvalue weighted by Gasteiger charge is 2.38. The predicted octanol–water partition coefficient (Wildman–Crippen LogP) is 3.90. The number of methoxy groups -OCH3 is 1. The molecule has 0 N–H and O–H groups in total. The lowest BCUT2D eigenvalue weighted by atomic mass is 10.0. The molecule has 1 aliphatic heterocycles. The second kappa shape index (κ2) is 7.12. The zero-order chi connectivity index (χ0) is 21.6. The lowest BCUT2D eigenvalue weighted by Crippen LogP contribution is -2.43. The van der Waals surface area contributed by atoms with Crippen molar-refractivity contribution in [3.8, 4) is 17.0 Å². The summed E-state index contributed by atoms with van der Waals surface area (Å²) in [6, 6.07) is 5.47. The minimum Gasteiger partial charge on any atom is -0.481 e. The van der Waals surface area contributed by atoms with Gasteiger partial charge in [0.05, 0.1) is 19.3 Å². The molecule has 0 saturated heterocycles. The van der Waals surface area contributed by atoms with Gasteiger partial charge in [0.1, 0.15) is 17.1 Å². The number of pyridine rings is 2. The normalized spacial score (nSPS) is 16.5. The number of alkyl halides is 3. The smallest absolute Gasteiger partial charge is 0.421 e. The number of carbonyl (C=O) groups is 1. The standard InChI is InChI=1S/C20H18F3N5O2/c1-11-8-13(6-7-24-11)14-9-25-28-12(2)10-27(19(29)17(14)28)16-5-4-15(20(21,22)23)18(26-16)30-3/h4-9,12H,10H2,1-3H3/t12-/m0/s1. The maximum Gasteiger partial charge on any atom is 0.421 e. The first kappa shape index (κ1) is 19.9. The number of rotatable bonds is 3. The van der Waals surface area contributed by atoms with E-state index in [9.17, 15) is 18.0 Å². The van der Waals surface area contributed by atoms with Gasteiger partial charge in [-0.25, -0.2) is 0 Å². The Bertz CT molecular complexity index is 1130. The number of amides is 1. The summed E-state index contributed by atoms with van der Waals surface area (Å²) in [5.74, 6) is -0.894. The largest absolute Gasteiger partial charge is 0.481 e. The molecule has 0 spiro atoms. The summed E-state index contributed by atoms with van der Waals surface area (Å²) in [6.45, 7) is 3.93. The Balaban J connectivity index is 1.78. The van der Waals surface area contributed by atoms with Crippen molar-refractivity contribution in [2.24, 2.45) is 0 Å². The fourth-order valence-electron chi connectivity index (χ4n) is 3.54. The summed E-state index contributed by atoms with van der Waals surface area (Å²) in [7, 11) is 1.11. The van der Waals surface area contributed by atoms with E-state index in [4.69, 9.17) is 4.74 Å². The fourth-order valence-corrected chi connectivity index (χ4v) is 3.54. The van der Waals surface area contributed by atoms with Gasteiger partial charge in [-0.1, -0.05) is 0 Å². The van der Waals surface area contributed by atoms with E-state index in [1.54, 1.807) is 23.1 Å². The van der Waals surface area contributed by atoms with Crippen molar-refractivity contribution < 1.29 is 22.7 Å². The first-order valence-corrected chi connectivity index (χ1v) is 9.15. The number of hydrogen-bond donors (Lipinski definition) is 0. The van der Waals surface area contributed by atoms with Gasteiger partial charge >= 0.3 is 6.18 Å². The maximum absolute atomic E-state index is 13.3. The monoisotopic (exact) mass is 417 g/mol. The number of anilines is 1. The average Bonchev–Trinajstić information content (AvgIpc) is 3.15. The van der Waals surface area contributed by atoms with Crippen molar-refractivity contribution >= 4 is 11.7 Å². The molecule has 3 aromatic heterocycles. The zero-order valence-electron chi connectivity index (χ0n) is 16.4. The zero-order valence-corrected chi connectivity index (χ0v) is 16.4. The Hall–Kier alpha value is -3.43. The van der Waals surface area contributed by atoms with Crippen LogP contribution in [0.1, 0.15) is 34.7 Å². The van der Waals surface area contributed by atoms with E-state index < -0.39 is 23.5 Å². The van der Waals surface area contributed by atoms with E-state index in [2.05, 4.69) is 15.1 Å². The topological polar surface area (TPSA) is 73.1 Å². The van der Waals surface area contributed by atoms with Crippen LogP contribution in [0.2, 0.25) is 0 Å². The molecule has 0 saturated carbocycles. The van der Waals surface area contributed by atoms with Crippen LogP contribution < -0.4 is 9.64 Å². The van der Waals surface area contributed by atoms with Crippen LogP contribution in [-0.4, -0.2) is 39.3 Å². The van der Waals surface area contributed by atoms with E-state index in [0.717, 1.165) is 24.4 Å². The van der Waals surface area contributed by atoms with Crippen molar-refractivity contribution in [3.05, 3.63) is 53.6 Å². The third-order valence-electron chi connectivity index (χ3n) is 4.94. The molecule has 0 aliphatic carbocycles. The van der Waals surface area contributed by atoms with Gasteiger partial charge < -0.3 is 4.74 Å². The van der Waals surface area contributed by atoms with Crippen molar-refractivity contribution in [3.63, 3.8) is 0 Å². The minimum absolute atomic E-state index is 0.0843. The van der Waals surface area contributed by atoms with E-state index in [0.29, 0.717) is 11.3 Å². The van der Waals surface area contributed by atoms with E-state index in [1.807, 2.05) is 19.9 Å². The van der Waals surface area contributed by atoms with Crippen LogP contribution in [0, 0.1) is 6.92 Å². The van der Waals surface area contributed by atoms with Gasteiger partial charge in [-0.15, -0.1) is 0 Å². The number of hydrogen-bond acceptors (Lipinski definition) is 5. The van der Waals surface area contributed by atoms with Crippen molar-refractivity contribution in [2.45, 2.75) is 26.1 Å². The molecule has 0 fully saturated rings. The third-order valence-corrected chi connectivity index (χ3v) is 4.94. The van der Waals surface area contributed by atoms with Crippen molar-refractivity contribution in [1.29, 1.82) is 0 Å². The van der Waals surface area contributed by atoms with Gasteiger partial charge in [0.25, 0.3) is 5.91 Å². The summed E-state index contributed by atoms with van der Waals surface area (Å²) in [5.41, 5.74) is 1.55. The second-order valence-corrected chi connectivity index (χ2v) is 7.03. The van der Waals surface area contributed by atoms with Gasteiger partial charge in [-0.05, 0) is 43.7 Å². The number of fused-ring (bicyclic) bond motifs is 1. The van der Waals surface area contributed by atoms with Crippen LogP contribution >= 0.6 is 0 Å². The molecule has 30 heavy (non-hydrogen) atoms. The van der Waals surface area contributed by atoms with Gasteiger partial charge in [-0.2, -0.15) is 23.3 Å². The number of ether oxygens (including phenoxy) is 1. The first-order valence-electron chi connectivity index (χ1n) is 9.15. The number of carbonyl (C=O) groups excluding carboxylic acids is 1. The maximum atomic E-state index is 13.3. The molecule has 0 bridgehead atoms. The summed E-state index contributed by atoms with van der Waals surface area (Å²) in [5, 5.41) is 4.36. The van der Waals surface area contributed by atoms with Gasteiger partial charge in [-0.3, -0.25) is 19.4 Å². The summed E-state index contributed by atoms with van der Waals surface area (Å²) < 4.78 is 45.9. The van der Waals surface area contributed by atoms with Gasteiger partial charge in [0.2, 0.25) is 5.88 Å². The number of aryl methyl sites for hydroxylation is 1. The number of halogens is 3. The van der Waals surface area contributed by atoms with E-state index in [1.165, 1.54) is 11.0 Å². The fraction of sp³-hybridized carbons (Fsp3) is 0.300. The quantitative estimate of drug-likeness (QED) is 0.646. The van der Waals surface area contributed by atoms with Gasteiger partial charge in [0.15, 0.2) is 0 Å².